The summed E-state index contributed by atoms with van der Waals surface area (Å²) in [5.41, 5.74) is 5.31. The maximum atomic E-state index is 14.9. The number of carbonyl (C=O) groups excluding carboxylic acids is 1. The number of amides is 1. The maximum absolute atomic E-state index is 14.9. The van der Waals surface area contributed by atoms with Crippen LogP contribution in [0.25, 0.3) is 0 Å². The highest BCUT2D eigenvalue weighted by Crippen LogP contribution is 2.34. The summed E-state index contributed by atoms with van der Waals surface area (Å²) in [5.74, 6) is -0.657. The number of hydrogen-bond acceptors (Lipinski definition) is 4. The Morgan fingerprint density at radius 3 is 2.77 bits per heavy atom. The van der Waals surface area contributed by atoms with Crippen LogP contribution in [0.2, 0.25) is 0 Å². The van der Waals surface area contributed by atoms with E-state index in [2.05, 4.69) is 10.6 Å². The molecule has 3 rings (SSSR count). The van der Waals surface area contributed by atoms with E-state index < -0.39 is 17.7 Å². The Kier molecular flexibility index (Phi) is 4.99. The van der Waals surface area contributed by atoms with Gasteiger partial charge in [0.25, 0.3) is 5.91 Å². The maximum Gasteiger partial charge on any atom is 0.250 e. The van der Waals surface area contributed by atoms with Gasteiger partial charge in [0.1, 0.15) is 6.17 Å². The van der Waals surface area contributed by atoms with E-state index in [0.717, 1.165) is 0 Å². The molecule has 7 heteroatoms. The van der Waals surface area contributed by atoms with Crippen LogP contribution in [0.15, 0.2) is 59.8 Å². The molecule has 1 heterocycles. The normalized spacial score (nSPS) is 27.3. The van der Waals surface area contributed by atoms with Gasteiger partial charge in [0.2, 0.25) is 0 Å². The molecule has 1 aromatic rings. The number of hydrogen-bond donors (Lipinski definition) is 4. The minimum atomic E-state index is -1.72. The predicted molar refractivity (Wildman–Crippen MR) is 97.5 cm³/mol. The largest absolute Gasteiger partial charge is 0.366 e. The van der Waals surface area contributed by atoms with Crippen molar-refractivity contribution < 1.29 is 13.6 Å². The number of nitrogens with two attached hydrogens (primary N) is 1. The van der Waals surface area contributed by atoms with Crippen molar-refractivity contribution >= 4 is 17.3 Å². The van der Waals surface area contributed by atoms with Gasteiger partial charge in [-0.15, -0.1) is 0 Å². The summed E-state index contributed by atoms with van der Waals surface area (Å²) in [6, 6.07) is 6.63. The second-order valence-electron chi connectivity index (χ2n) is 6.40. The highest BCUT2D eigenvalue weighted by atomic mass is 19.2. The number of nitrogens with one attached hydrogen (secondary N) is 3. The van der Waals surface area contributed by atoms with Crippen molar-refractivity contribution in [3.63, 3.8) is 0 Å². The zero-order chi connectivity index (χ0) is 18.7. The number of primary amides is 1. The van der Waals surface area contributed by atoms with Gasteiger partial charge in [-0.25, -0.2) is 8.78 Å². The Labute approximate surface area is 150 Å². The minimum Gasteiger partial charge on any atom is -0.366 e. The summed E-state index contributed by atoms with van der Waals surface area (Å²) < 4.78 is 28.4. The minimum absolute atomic E-state index is 0.0362. The predicted octanol–water partition coefficient (Wildman–Crippen LogP) is 2.48. The zero-order valence-electron chi connectivity index (χ0n) is 14.1. The van der Waals surface area contributed by atoms with Crippen molar-refractivity contribution in [2.75, 3.05) is 18.4 Å². The molecule has 26 heavy (non-hydrogen) atoms. The summed E-state index contributed by atoms with van der Waals surface area (Å²) in [4.78, 5) is 11.3. The smallest absolute Gasteiger partial charge is 0.250 e. The molecule has 2 unspecified atom stereocenters. The molecule has 0 aromatic heterocycles. The van der Waals surface area contributed by atoms with Crippen LogP contribution < -0.4 is 16.4 Å². The fourth-order valence-electron chi connectivity index (χ4n) is 3.06. The third-order valence-corrected chi connectivity index (χ3v) is 4.47. The molecule has 1 saturated heterocycles. The van der Waals surface area contributed by atoms with E-state index in [-0.39, 0.29) is 30.8 Å². The van der Waals surface area contributed by atoms with Crippen LogP contribution in [0.3, 0.4) is 0 Å². The van der Waals surface area contributed by atoms with Gasteiger partial charge in [0, 0.05) is 37.0 Å². The number of halogens is 2. The van der Waals surface area contributed by atoms with Crippen LogP contribution in [0.5, 0.6) is 0 Å². The van der Waals surface area contributed by atoms with Gasteiger partial charge in [0.15, 0.2) is 5.67 Å². The Morgan fingerprint density at radius 1 is 1.38 bits per heavy atom. The number of carbonyl (C=O) groups is 1. The van der Waals surface area contributed by atoms with E-state index in [0.29, 0.717) is 16.8 Å². The summed E-state index contributed by atoms with van der Waals surface area (Å²) in [5, 5.41) is 13.8. The van der Waals surface area contributed by atoms with E-state index in [1.54, 1.807) is 42.6 Å². The van der Waals surface area contributed by atoms with Gasteiger partial charge in [-0.3, -0.25) is 10.2 Å². The molecular weight excluding hydrogens is 338 g/mol. The lowest BCUT2D eigenvalue weighted by atomic mass is 9.87. The standard InChI is InChI=1S/C19H20F2N4O/c20-14-8-19(21,11-24-10-14)13-4-6-15(7-5-13)25-9-12-2-1-3-16(17(12)22)18(23)26/h1-7,9,14,22,24-25H,8,10-11H2,(H2,23,26)/b12-9-,22-17?. The lowest BCUT2D eigenvalue weighted by Crippen LogP contribution is -2.45. The molecule has 1 fully saturated rings. The van der Waals surface area contributed by atoms with Crippen LogP contribution in [0.4, 0.5) is 14.5 Å². The van der Waals surface area contributed by atoms with Crippen LogP contribution in [0, 0.1) is 5.41 Å². The lowest BCUT2D eigenvalue weighted by molar-refractivity contribution is -0.114. The van der Waals surface area contributed by atoms with Crippen LogP contribution in [0.1, 0.15) is 12.0 Å². The first-order chi connectivity index (χ1) is 12.4. The molecule has 1 amide bonds. The summed E-state index contributed by atoms with van der Waals surface area (Å²) in [6.45, 7) is 0.272. The number of anilines is 1. The SMILES string of the molecule is N=C1C(C(N)=O)=CC=C/C1=C/Nc1ccc(C2(F)CNCC(F)C2)cc1. The highest BCUT2D eigenvalue weighted by molar-refractivity contribution is 6.28. The van der Waals surface area contributed by atoms with E-state index in [1.807, 2.05) is 0 Å². The molecule has 136 valence electrons. The lowest BCUT2D eigenvalue weighted by Gasteiger charge is -2.32. The van der Waals surface area contributed by atoms with Crippen molar-refractivity contribution in [3.05, 3.63) is 65.4 Å². The molecule has 5 N–H and O–H groups in total. The molecule has 2 aliphatic rings. The fraction of sp³-hybridized carbons (Fsp3) is 0.263. The molecule has 1 aromatic carbocycles. The van der Waals surface area contributed by atoms with E-state index in [1.165, 1.54) is 6.08 Å². The number of allylic oxidation sites excluding steroid dienone is 4. The topological polar surface area (TPSA) is 91.0 Å². The van der Waals surface area contributed by atoms with Crippen molar-refractivity contribution in [1.82, 2.24) is 5.32 Å². The summed E-state index contributed by atoms with van der Waals surface area (Å²) in [6.07, 6.45) is 5.05. The molecule has 0 radical (unpaired) electrons. The van der Waals surface area contributed by atoms with Crippen LogP contribution >= 0.6 is 0 Å². The van der Waals surface area contributed by atoms with E-state index in [4.69, 9.17) is 11.1 Å². The van der Waals surface area contributed by atoms with Gasteiger partial charge in [0.05, 0.1) is 11.3 Å². The zero-order valence-corrected chi connectivity index (χ0v) is 14.1. The Balaban J connectivity index is 1.70. The van der Waals surface area contributed by atoms with E-state index in [9.17, 15) is 13.6 Å². The first kappa shape index (κ1) is 18.0. The van der Waals surface area contributed by atoms with Crippen molar-refractivity contribution in [2.24, 2.45) is 5.73 Å². The Morgan fingerprint density at radius 2 is 2.12 bits per heavy atom. The van der Waals surface area contributed by atoms with Gasteiger partial charge < -0.3 is 16.4 Å². The average molecular weight is 358 g/mol. The van der Waals surface area contributed by atoms with Crippen molar-refractivity contribution in [2.45, 2.75) is 18.3 Å². The third-order valence-electron chi connectivity index (χ3n) is 4.47. The first-order valence-corrected chi connectivity index (χ1v) is 8.27. The van der Waals surface area contributed by atoms with Crippen LogP contribution in [-0.4, -0.2) is 30.9 Å². The van der Waals surface area contributed by atoms with Crippen LogP contribution in [-0.2, 0) is 10.5 Å². The summed E-state index contributed by atoms with van der Waals surface area (Å²) >= 11 is 0. The first-order valence-electron chi connectivity index (χ1n) is 8.27. The Bertz CT molecular complexity index is 813. The number of alkyl halides is 2. The molecule has 0 spiro atoms. The highest BCUT2D eigenvalue weighted by Gasteiger charge is 2.38. The Hall–Kier alpha value is -2.80. The molecule has 1 aliphatic heterocycles. The second-order valence-corrected chi connectivity index (χ2v) is 6.40. The van der Waals surface area contributed by atoms with Gasteiger partial charge >= 0.3 is 0 Å². The molecule has 0 saturated carbocycles. The van der Waals surface area contributed by atoms with Gasteiger partial charge in [-0.2, -0.15) is 0 Å². The van der Waals surface area contributed by atoms with Crippen molar-refractivity contribution in [3.8, 4) is 0 Å². The quantitative estimate of drug-likeness (QED) is 0.666. The number of benzene rings is 1. The second kappa shape index (κ2) is 7.21. The number of rotatable bonds is 4. The fourth-order valence-corrected chi connectivity index (χ4v) is 3.06. The average Bonchev–Trinajstić information content (AvgIpc) is 2.61. The van der Waals surface area contributed by atoms with Gasteiger partial charge in [-0.1, -0.05) is 24.3 Å². The molecule has 1 aliphatic carbocycles. The molecule has 2 atom stereocenters. The molecule has 0 bridgehead atoms. The molecular formula is C19H20F2N4O. The van der Waals surface area contributed by atoms with E-state index >= 15 is 0 Å². The summed E-state index contributed by atoms with van der Waals surface area (Å²) in [7, 11) is 0. The van der Waals surface area contributed by atoms with Gasteiger partial charge in [-0.05, 0) is 23.8 Å². The molecule has 5 nitrogen and oxygen atoms in total. The monoisotopic (exact) mass is 358 g/mol. The number of piperidine rings is 1. The third kappa shape index (κ3) is 3.72. The van der Waals surface area contributed by atoms with Crippen molar-refractivity contribution in [1.29, 1.82) is 5.41 Å².